The normalized spacial score (nSPS) is 34.0. The number of rotatable bonds is 5. The van der Waals surface area contributed by atoms with Crippen molar-refractivity contribution >= 4 is 5.97 Å². The van der Waals surface area contributed by atoms with Gasteiger partial charge < -0.3 is 20.1 Å². The first kappa shape index (κ1) is 21.9. The molecule has 2 rings (SSSR count). The second-order valence-electron chi connectivity index (χ2n) is 8.74. The van der Waals surface area contributed by atoms with Crippen LogP contribution in [0.1, 0.15) is 47.5 Å². The van der Waals surface area contributed by atoms with E-state index >= 15 is 0 Å². The van der Waals surface area contributed by atoms with E-state index in [1.54, 1.807) is 26.0 Å². The van der Waals surface area contributed by atoms with Crippen LogP contribution in [0.4, 0.5) is 0 Å². The van der Waals surface area contributed by atoms with Gasteiger partial charge in [-0.05, 0) is 57.1 Å². The molecule has 0 spiro atoms. The third-order valence-corrected chi connectivity index (χ3v) is 6.05. The maximum atomic E-state index is 11.6. The third kappa shape index (κ3) is 5.09. The summed E-state index contributed by atoms with van der Waals surface area (Å²) in [5, 5.41) is 31.8. The van der Waals surface area contributed by atoms with E-state index in [1.807, 2.05) is 13.8 Å². The molecule has 0 radical (unpaired) electrons. The molecule has 2 aliphatic rings. The minimum Gasteiger partial charge on any atom is -0.458 e. The smallest absolute Gasteiger partial charge is 0.303 e. The van der Waals surface area contributed by atoms with Gasteiger partial charge in [-0.25, -0.2) is 0 Å². The Bertz CT molecular complexity index is 627. The molecule has 0 aliphatic heterocycles. The molecule has 0 heterocycles. The van der Waals surface area contributed by atoms with Crippen LogP contribution in [0, 0.1) is 23.7 Å². The van der Waals surface area contributed by atoms with Crippen molar-refractivity contribution in [2.75, 3.05) is 0 Å². The molecule has 0 saturated heterocycles. The quantitative estimate of drug-likeness (QED) is 0.506. The van der Waals surface area contributed by atoms with Gasteiger partial charge in [0.05, 0.1) is 17.8 Å². The Morgan fingerprint density at radius 2 is 2.04 bits per heavy atom. The summed E-state index contributed by atoms with van der Waals surface area (Å²) in [5.41, 5.74) is 0.859. The average molecular weight is 379 g/mol. The van der Waals surface area contributed by atoms with Crippen molar-refractivity contribution in [2.45, 2.75) is 71.4 Å². The first-order valence-corrected chi connectivity index (χ1v) is 9.72. The van der Waals surface area contributed by atoms with Crippen molar-refractivity contribution in [1.29, 1.82) is 0 Å². The van der Waals surface area contributed by atoms with Crippen LogP contribution >= 0.6 is 0 Å². The molecule has 0 aromatic heterocycles. The van der Waals surface area contributed by atoms with Crippen molar-refractivity contribution in [3.63, 3.8) is 0 Å². The van der Waals surface area contributed by atoms with Gasteiger partial charge in [0.25, 0.3) is 0 Å². The fraction of sp³-hybridized carbons (Fsp3) is 0.682. The number of aliphatic hydroxyl groups excluding tert-OH is 2. The highest BCUT2D eigenvalue weighted by Gasteiger charge is 2.46. The average Bonchev–Trinajstić information content (AvgIpc) is 2.90. The Labute approximate surface area is 162 Å². The van der Waals surface area contributed by atoms with Crippen LogP contribution in [0.5, 0.6) is 0 Å². The molecular formula is C22H34O5. The summed E-state index contributed by atoms with van der Waals surface area (Å²) in [6, 6.07) is 0. The van der Waals surface area contributed by atoms with E-state index < -0.39 is 29.9 Å². The zero-order chi connectivity index (χ0) is 20.5. The monoisotopic (exact) mass is 378 g/mol. The van der Waals surface area contributed by atoms with Crippen LogP contribution in [0.15, 0.2) is 36.0 Å². The fourth-order valence-corrected chi connectivity index (χ4v) is 4.48. The highest BCUT2D eigenvalue weighted by molar-refractivity contribution is 5.66. The van der Waals surface area contributed by atoms with Crippen LogP contribution in [-0.2, 0) is 9.53 Å². The van der Waals surface area contributed by atoms with E-state index in [1.165, 1.54) is 6.92 Å². The maximum Gasteiger partial charge on any atom is 0.303 e. The lowest BCUT2D eigenvalue weighted by molar-refractivity contribution is -0.148. The number of hydrogen-bond donors (Lipinski definition) is 3. The molecule has 1 saturated carbocycles. The Morgan fingerprint density at radius 3 is 2.59 bits per heavy atom. The van der Waals surface area contributed by atoms with Gasteiger partial charge in [0, 0.05) is 18.8 Å². The van der Waals surface area contributed by atoms with E-state index in [0.29, 0.717) is 6.42 Å². The topological polar surface area (TPSA) is 87.0 Å². The van der Waals surface area contributed by atoms with Crippen molar-refractivity contribution in [2.24, 2.45) is 23.7 Å². The van der Waals surface area contributed by atoms with Crippen LogP contribution < -0.4 is 0 Å². The number of ether oxygens (including phenoxy) is 1. The van der Waals surface area contributed by atoms with E-state index in [-0.39, 0.29) is 23.7 Å². The molecule has 27 heavy (non-hydrogen) atoms. The summed E-state index contributed by atoms with van der Waals surface area (Å²) in [7, 11) is 0. The highest BCUT2D eigenvalue weighted by Crippen LogP contribution is 2.47. The zero-order valence-electron chi connectivity index (χ0n) is 17.1. The van der Waals surface area contributed by atoms with Gasteiger partial charge in [-0.15, -0.1) is 0 Å². The molecule has 5 nitrogen and oxygen atoms in total. The lowest BCUT2D eigenvalue weighted by Gasteiger charge is -2.35. The lowest BCUT2D eigenvalue weighted by Crippen LogP contribution is -2.39. The summed E-state index contributed by atoms with van der Waals surface area (Å²) in [6.07, 6.45) is 4.59. The number of fused-ring (bicyclic) bond motifs is 1. The van der Waals surface area contributed by atoms with Crippen LogP contribution in [0.2, 0.25) is 0 Å². The standard InChI is InChI=1S/C22H34O5/c1-12-7-8-16-13(2)18(24)11-17(21(25)20(12)16)14(3)19(27-15(4)23)9-10-22(5,6)26/h7,9-10,14,16-21,24-26H,2,8,11H2,1,3-6H3. The second kappa shape index (κ2) is 8.29. The highest BCUT2D eigenvalue weighted by atomic mass is 16.5. The zero-order valence-corrected chi connectivity index (χ0v) is 17.1. The van der Waals surface area contributed by atoms with Crippen molar-refractivity contribution in [3.05, 3.63) is 36.0 Å². The largest absolute Gasteiger partial charge is 0.458 e. The maximum absolute atomic E-state index is 11.6. The molecular weight excluding hydrogens is 344 g/mol. The molecule has 0 aromatic carbocycles. The van der Waals surface area contributed by atoms with Gasteiger partial charge in [0.2, 0.25) is 0 Å². The first-order valence-electron chi connectivity index (χ1n) is 9.72. The lowest BCUT2D eigenvalue weighted by atomic mass is 9.75. The van der Waals surface area contributed by atoms with Crippen molar-refractivity contribution in [1.82, 2.24) is 0 Å². The molecule has 0 amide bonds. The number of esters is 1. The SMILES string of the molecule is C=C1C(O)CC(C(C)C(C=CC(C)(C)O)OC(C)=O)C(O)C2C(C)=CCC12. The molecule has 2 aliphatic carbocycles. The molecule has 152 valence electrons. The Balaban J connectivity index is 2.33. The molecule has 5 heteroatoms. The van der Waals surface area contributed by atoms with Gasteiger partial charge in [-0.3, -0.25) is 4.79 Å². The third-order valence-electron chi connectivity index (χ3n) is 6.05. The predicted molar refractivity (Wildman–Crippen MR) is 105 cm³/mol. The Morgan fingerprint density at radius 1 is 1.41 bits per heavy atom. The number of hydrogen-bond acceptors (Lipinski definition) is 5. The van der Waals surface area contributed by atoms with Crippen LogP contribution in [-0.4, -0.2) is 45.2 Å². The van der Waals surface area contributed by atoms with Gasteiger partial charge in [-0.2, -0.15) is 0 Å². The summed E-state index contributed by atoms with van der Waals surface area (Å²) in [6.45, 7) is 12.7. The summed E-state index contributed by atoms with van der Waals surface area (Å²) >= 11 is 0. The molecule has 1 fully saturated rings. The molecule has 3 N–H and O–H groups in total. The van der Waals surface area contributed by atoms with Gasteiger partial charge in [0.15, 0.2) is 0 Å². The number of aliphatic hydroxyl groups is 3. The molecule has 0 bridgehead atoms. The van der Waals surface area contributed by atoms with E-state index in [2.05, 4.69) is 12.7 Å². The number of carbonyl (C=O) groups is 1. The second-order valence-corrected chi connectivity index (χ2v) is 8.74. The predicted octanol–water partition coefficient (Wildman–Crippen LogP) is 2.76. The van der Waals surface area contributed by atoms with Crippen LogP contribution in [0.3, 0.4) is 0 Å². The van der Waals surface area contributed by atoms with E-state index in [4.69, 9.17) is 4.74 Å². The van der Waals surface area contributed by atoms with Gasteiger partial charge in [-0.1, -0.05) is 31.2 Å². The van der Waals surface area contributed by atoms with E-state index in [0.717, 1.165) is 17.6 Å². The minimum atomic E-state index is -1.04. The van der Waals surface area contributed by atoms with E-state index in [9.17, 15) is 20.1 Å². The summed E-state index contributed by atoms with van der Waals surface area (Å²) in [5.74, 6) is -0.958. The van der Waals surface area contributed by atoms with Crippen molar-refractivity contribution in [3.8, 4) is 0 Å². The summed E-state index contributed by atoms with van der Waals surface area (Å²) < 4.78 is 5.48. The van der Waals surface area contributed by atoms with Gasteiger partial charge >= 0.3 is 5.97 Å². The Kier molecular flexibility index (Phi) is 6.72. The number of carbonyl (C=O) groups excluding carboxylic acids is 1. The molecule has 0 aromatic rings. The number of allylic oxidation sites excluding steroid dienone is 1. The fourth-order valence-electron chi connectivity index (χ4n) is 4.48. The summed E-state index contributed by atoms with van der Waals surface area (Å²) in [4.78, 5) is 11.6. The van der Waals surface area contributed by atoms with Crippen molar-refractivity contribution < 1.29 is 24.9 Å². The van der Waals surface area contributed by atoms with Gasteiger partial charge in [0.1, 0.15) is 6.10 Å². The Hall–Kier alpha value is -1.43. The molecule has 7 atom stereocenters. The van der Waals surface area contributed by atoms with Crippen LogP contribution in [0.25, 0.3) is 0 Å². The minimum absolute atomic E-state index is 0.0475. The first-order chi connectivity index (χ1) is 12.4. The molecule has 7 unspecified atom stereocenters.